The molecule has 118 heavy (non-hydrogen) atoms. The summed E-state index contributed by atoms with van der Waals surface area (Å²) in [7, 11) is 5.66. The maximum atomic E-state index is 15.2. The summed E-state index contributed by atoms with van der Waals surface area (Å²) >= 11 is 0. The third kappa shape index (κ3) is 16.9. The molecule has 30 nitrogen and oxygen atoms in total. The van der Waals surface area contributed by atoms with Crippen molar-refractivity contribution in [2.24, 2.45) is 75.9 Å². The van der Waals surface area contributed by atoms with Crippen LogP contribution in [0.3, 0.4) is 0 Å². The molecule has 0 radical (unpaired) electrons. The highest BCUT2D eigenvalue weighted by Gasteiger charge is 2.68. The summed E-state index contributed by atoms with van der Waals surface area (Å²) in [4.78, 5) is 234. The molecule has 11 rings (SSSR count). The van der Waals surface area contributed by atoms with Crippen molar-refractivity contribution in [3.63, 3.8) is 0 Å². The maximum Gasteiger partial charge on any atom is 0.329 e. The highest BCUT2D eigenvalue weighted by molar-refractivity contribution is 6.11. The van der Waals surface area contributed by atoms with Gasteiger partial charge in [0.05, 0.1) is 42.0 Å². The first-order valence-corrected chi connectivity index (χ1v) is 41.7. The Labute approximate surface area is 689 Å². The molecule has 1 aromatic carbocycles. The summed E-state index contributed by atoms with van der Waals surface area (Å²) < 4.78 is 24.2. The van der Waals surface area contributed by atoms with E-state index in [1.165, 1.54) is 89.0 Å². The summed E-state index contributed by atoms with van der Waals surface area (Å²) in [6.07, 6.45) is 8.54. The summed E-state index contributed by atoms with van der Waals surface area (Å²) in [5, 5.41) is 10.8. The van der Waals surface area contributed by atoms with Crippen LogP contribution in [0.2, 0.25) is 0 Å². The monoisotopic (exact) mass is 1640 g/mol. The predicted molar refractivity (Wildman–Crippen MR) is 434 cm³/mol. The number of Topliss-reactive ketones (excluding diaryl/α,β-unsaturated/α-hetero) is 3. The first-order chi connectivity index (χ1) is 55.2. The number of likely N-dealkylation sites (N-methyl/N-ethyl adjacent to an activating group) is 4. The van der Waals surface area contributed by atoms with Gasteiger partial charge in [-0.25, -0.2) is 14.6 Å². The molecule has 0 spiro atoms. The standard InChI is InChI=1S/C64H88N10O16.C24H32O4/c1-27(2)44-53(78)35-19-17-21-37(35)61(84)71(13)25-40(75)73(15)50(29(5)6)63(86)88-33(11)46(59(82)67-44)69-57(80)39-24-23-31(9)55-48(39)66-49-42(43(65)52(77)32(10)56(49)90-55)58(81)70-47-34(12)89-64(87)51(30(7)8)74(16)41(76)26-72(14)62(85)38-22-18-20-36(38)54(79)45(28(3)4)68-60(47)83;1-14-12-18-19(22(4)9-6-17(27)13-21(14)22)7-10-23(5)20(18)8-11-24(23,15(2)25)28-16(3)26/h23-24,27-30,33-38,44-47,50-51H,17-22,25-26,65H2,1-16H3,(H,67,82)(H,68,83)(H,69,80)(H,70,81);12-13,18-20H,6-11H2,1-5H3. The second-order valence-electron chi connectivity index (χ2n) is 36.3. The molecular weight excluding hydrogens is 1520 g/mol. The third-order valence-electron chi connectivity index (χ3n) is 27.2. The van der Waals surface area contributed by atoms with Gasteiger partial charge < -0.3 is 65.2 Å². The first-order valence-electron chi connectivity index (χ1n) is 41.7. The largest absolute Gasteiger partial charge is 0.458 e. The molecule has 8 amide bonds. The van der Waals surface area contributed by atoms with Crippen molar-refractivity contribution in [2.75, 3.05) is 47.0 Å². The summed E-state index contributed by atoms with van der Waals surface area (Å²) in [6, 6.07) is -5.71. The van der Waals surface area contributed by atoms with Crippen molar-refractivity contribution >= 4 is 105 Å². The predicted octanol–water partition coefficient (Wildman–Crippen LogP) is 7.29. The highest BCUT2D eigenvalue weighted by atomic mass is 16.6. The number of cyclic esters (lactones) is 2. The van der Waals surface area contributed by atoms with Gasteiger partial charge in [-0.1, -0.05) is 99.8 Å². The molecule has 6 fully saturated rings. The minimum absolute atomic E-state index is 0.0160. The Morgan fingerprint density at radius 3 is 1.56 bits per heavy atom. The highest BCUT2D eigenvalue weighted by Crippen LogP contribution is 2.68. The van der Waals surface area contributed by atoms with E-state index in [1.54, 1.807) is 69.2 Å². The van der Waals surface area contributed by atoms with Gasteiger partial charge in [0.15, 0.2) is 40.1 Å². The minimum Gasteiger partial charge on any atom is -0.458 e. The van der Waals surface area contributed by atoms with Crippen LogP contribution in [0.25, 0.3) is 22.6 Å². The number of nitrogens with one attached hydrogen (secondary N) is 4. The number of ketones is 4. The fourth-order valence-corrected chi connectivity index (χ4v) is 20.6. The Balaban J connectivity index is 0.000000436. The van der Waals surface area contributed by atoms with E-state index in [2.05, 4.69) is 48.1 Å². The number of esters is 3. The van der Waals surface area contributed by atoms with Crippen LogP contribution in [-0.2, 0) is 76.5 Å². The number of fused-ring (bicyclic) bond motifs is 9. The van der Waals surface area contributed by atoms with E-state index in [4.69, 9.17) is 29.3 Å². The summed E-state index contributed by atoms with van der Waals surface area (Å²) in [5.41, 5.74) is 4.82. The number of carbonyl (C=O) groups excluding carboxylic acids is 15. The lowest BCUT2D eigenvalue weighted by atomic mass is 9.47. The van der Waals surface area contributed by atoms with Crippen LogP contribution in [-0.4, -0.2) is 208 Å². The molecule has 6 N–H and O–H groups in total. The maximum absolute atomic E-state index is 15.2. The van der Waals surface area contributed by atoms with Gasteiger partial charge in [-0.15, -0.1) is 0 Å². The second-order valence-corrected chi connectivity index (χ2v) is 36.3. The first kappa shape index (κ1) is 90.3. The molecule has 7 aliphatic carbocycles. The van der Waals surface area contributed by atoms with Gasteiger partial charge >= 0.3 is 17.9 Å². The lowest BCUT2D eigenvalue weighted by molar-refractivity contribution is -0.185. The molecule has 2 saturated heterocycles. The van der Waals surface area contributed by atoms with Crippen molar-refractivity contribution in [1.82, 2.24) is 45.9 Å². The van der Waals surface area contributed by atoms with Crippen LogP contribution in [0, 0.1) is 89.8 Å². The van der Waals surface area contributed by atoms with Crippen LogP contribution in [0.1, 0.15) is 213 Å². The smallest absolute Gasteiger partial charge is 0.329 e. The quantitative estimate of drug-likeness (QED) is 0.0575. The van der Waals surface area contributed by atoms with Gasteiger partial charge in [-0.05, 0) is 169 Å². The molecule has 3 aliphatic heterocycles. The van der Waals surface area contributed by atoms with Crippen molar-refractivity contribution < 1.29 is 90.5 Å². The fourth-order valence-electron chi connectivity index (χ4n) is 20.6. The molecule has 4 saturated carbocycles. The van der Waals surface area contributed by atoms with Crippen LogP contribution in [0.15, 0.2) is 44.6 Å². The zero-order valence-corrected chi connectivity index (χ0v) is 72.2. The molecule has 18 atom stereocenters. The number of rotatable bonds is 10. The lowest BCUT2D eigenvalue weighted by Crippen LogP contribution is -2.59. The number of ether oxygens (including phenoxy) is 3. The van der Waals surface area contributed by atoms with E-state index in [9.17, 15) is 67.1 Å². The third-order valence-corrected chi connectivity index (χ3v) is 27.2. The topological polar surface area (TPSA) is 414 Å². The van der Waals surface area contributed by atoms with Crippen LogP contribution >= 0.6 is 0 Å². The molecule has 3 heterocycles. The number of amides is 8. The number of anilines is 1. The Bertz CT molecular complexity index is 4690. The Morgan fingerprint density at radius 2 is 1.09 bits per heavy atom. The number of nitrogen functional groups attached to an aromatic ring is 1. The van der Waals surface area contributed by atoms with Crippen LogP contribution in [0.4, 0.5) is 5.69 Å². The van der Waals surface area contributed by atoms with Crippen molar-refractivity contribution in [3.05, 3.63) is 67.9 Å². The van der Waals surface area contributed by atoms with Crippen molar-refractivity contribution in [2.45, 2.75) is 249 Å². The fraction of sp³-hybridized carbons (Fsp3) is 0.648. The molecule has 10 aliphatic rings. The Hall–Kier alpha value is -10.0. The average molecular weight is 1640 g/mol. The zero-order chi connectivity index (χ0) is 87.5. The number of hydrogen-bond donors (Lipinski definition) is 5. The van der Waals surface area contributed by atoms with Crippen LogP contribution < -0.4 is 32.4 Å². The summed E-state index contributed by atoms with van der Waals surface area (Å²) in [5.74, 6) is -13.9. The van der Waals surface area contributed by atoms with E-state index in [-0.39, 0.29) is 62.0 Å². The van der Waals surface area contributed by atoms with Gasteiger partial charge in [0, 0.05) is 76.2 Å². The van der Waals surface area contributed by atoms with E-state index < -0.39 is 202 Å². The SMILES string of the molecule is CC(=O)OC1(C(C)=O)CCC2C3C=C(C)C4=CC(=O)CCC4(C)C3CCC21C.Cc1c2oc3c(C)ccc(C(=O)NC4C(=O)NC(C(C)C)C(=O)C5CCCC5C(=O)N(C)CC(=O)N(C)C(C(C)C)C(=O)OC4C)c3nc-2c(C(=O)NC2C(=O)NC(C(C)C)C(=O)C3CCCC3C(=O)N(C)CC(=O)N(C)C(C(C)C)C(=O)OC2C)c(N)c1=O. The van der Waals surface area contributed by atoms with Gasteiger partial charge in [-0.2, -0.15) is 0 Å². The van der Waals surface area contributed by atoms with E-state index >= 15 is 9.59 Å². The van der Waals surface area contributed by atoms with Gasteiger partial charge in [0.25, 0.3) is 11.8 Å². The molecule has 30 heteroatoms. The molecule has 642 valence electrons. The number of aromatic nitrogens is 1. The lowest BCUT2D eigenvalue weighted by Gasteiger charge is -2.58. The number of hydrogen-bond acceptors (Lipinski definition) is 22. The number of carbonyl (C=O) groups is 15. The number of nitrogens with two attached hydrogens (primary N) is 1. The van der Waals surface area contributed by atoms with E-state index in [0.717, 1.165) is 35.5 Å². The molecule has 0 aromatic heterocycles. The average Bonchev–Trinajstić information content (AvgIpc) is 1.46. The minimum atomic E-state index is -1.86. The second kappa shape index (κ2) is 35.1. The van der Waals surface area contributed by atoms with Gasteiger partial charge in [0.2, 0.25) is 40.9 Å². The van der Waals surface area contributed by atoms with E-state index in [1.807, 2.05) is 6.08 Å². The number of aryl methyl sites for hydroxylation is 1. The number of allylic oxidation sites excluding steroid dienone is 4. The number of nitrogens with zero attached hydrogens (tertiary/aromatic N) is 5. The van der Waals surface area contributed by atoms with Crippen molar-refractivity contribution in [3.8, 4) is 11.5 Å². The van der Waals surface area contributed by atoms with E-state index in [0.29, 0.717) is 74.7 Å². The molecule has 0 bridgehead atoms. The van der Waals surface area contributed by atoms with Crippen molar-refractivity contribution in [1.29, 1.82) is 0 Å². The van der Waals surface area contributed by atoms with Gasteiger partial charge in [-0.3, -0.25) is 67.1 Å². The number of benzene rings is 2. The zero-order valence-electron chi connectivity index (χ0n) is 72.2. The Morgan fingerprint density at radius 1 is 0.619 bits per heavy atom. The normalized spacial score (nSPS) is 31.8. The van der Waals surface area contributed by atoms with Crippen LogP contribution in [0.5, 0.6) is 0 Å². The summed E-state index contributed by atoms with van der Waals surface area (Å²) in [6.45, 7) is 27.9. The molecule has 18 unspecified atom stereocenters. The van der Waals surface area contributed by atoms with Gasteiger partial charge in [0.1, 0.15) is 47.6 Å². The molecular formula is C88H120N10O20. The Kier molecular flexibility index (Phi) is 26.9. The molecule has 1 aromatic rings.